The average molecular weight is 545 g/mol. The van der Waals surface area contributed by atoms with Crippen molar-refractivity contribution in [1.29, 1.82) is 0 Å². The second kappa shape index (κ2) is 9.97. The molecule has 4 rings (SSSR count). The third-order valence-corrected chi connectivity index (χ3v) is 6.98. The van der Waals surface area contributed by atoms with Gasteiger partial charge in [0.2, 0.25) is 5.91 Å². The number of carbonyl (C=O) groups excluding carboxylic acids is 2. The van der Waals surface area contributed by atoms with Gasteiger partial charge in [0.05, 0.1) is 24.4 Å². The molecule has 2 heterocycles. The van der Waals surface area contributed by atoms with Crippen LogP contribution in [-0.4, -0.2) is 68.0 Å². The zero-order valence-electron chi connectivity index (χ0n) is 20.3. The van der Waals surface area contributed by atoms with Crippen LogP contribution in [0.2, 0.25) is 0 Å². The Morgan fingerprint density at radius 3 is 2.76 bits per heavy atom. The highest BCUT2D eigenvalue weighted by Gasteiger charge is 2.46. The minimum atomic E-state index is -4.45. The molecule has 0 radical (unpaired) electrons. The Balaban J connectivity index is 1.64. The number of aromatic nitrogens is 2. The van der Waals surface area contributed by atoms with Gasteiger partial charge in [0.15, 0.2) is 16.4 Å². The molecular formula is C23H27F3N4O6S. The first-order valence-corrected chi connectivity index (χ1v) is 13.7. The van der Waals surface area contributed by atoms with Crippen LogP contribution in [0.25, 0.3) is 0 Å². The minimum Gasteiger partial charge on any atom is -0.484 e. The minimum absolute atomic E-state index is 0.0878. The molecule has 0 fully saturated rings. The van der Waals surface area contributed by atoms with Crippen molar-refractivity contribution in [2.75, 3.05) is 37.1 Å². The summed E-state index contributed by atoms with van der Waals surface area (Å²) in [5.74, 6) is -1.87. The van der Waals surface area contributed by atoms with Gasteiger partial charge in [0, 0.05) is 19.3 Å². The first-order valence-electron chi connectivity index (χ1n) is 11.6. The number of benzene rings is 1. The number of fused-ring (bicyclic) bond motifs is 3. The SMILES string of the molecule is CCOCCn1nc2c(c1NC(=O)CS(C)(=O)=O)C(=O)N[C@@]1(CCc3cc(OCC(F)(F)F)ccc31)C2. The summed E-state index contributed by atoms with van der Waals surface area (Å²) in [6.45, 7) is 1.33. The van der Waals surface area contributed by atoms with E-state index in [9.17, 15) is 31.2 Å². The Bertz CT molecular complexity index is 1320. The second-order valence-electron chi connectivity index (χ2n) is 9.14. The molecule has 10 nitrogen and oxygen atoms in total. The summed E-state index contributed by atoms with van der Waals surface area (Å²) in [7, 11) is -3.60. The maximum absolute atomic E-state index is 13.4. The molecule has 14 heteroatoms. The van der Waals surface area contributed by atoms with Gasteiger partial charge < -0.3 is 20.1 Å². The molecule has 0 bridgehead atoms. The fourth-order valence-electron chi connectivity index (χ4n) is 4.77. The number of halogens is 3. The Kier molecular flexibility index (Phi) is 7.25. The number of ether oxygens (including phenoxy) is 2. The summed E-state index contributed by atoms with van der Waals surface area (Å²) < 4.78 is 72.4. The summed E-state index contributed by atoms with van der Waals surface area (Å²) in [6.07, 6.45) is -2.24. The van der Waals surface area contributed by atoms with Gasteiger partial charge in [0.1, 0.15) is 22.9 Å². The number of anilines is 1. The van der Waals surface area contributed by atoms with Crippen LogP contribution in [0.3, 0.4) is 0 Å². The molecule has 2 N–H and O–H groups in total. The van der Waals surface area contributed by atoms with Crippen molar-refractivity contribution in [2.45, 2.75) is 44.4 Å². The Morgan fingerprint density at radius 1 is 1.32 bits per heavy atom. The number of aryl methyl sites for hydroxylation is 1. The van der Waals surface area contributed by atoms with Crippen LogP contribution in [0.1, 0.15) is 40.5 Å². The molecule has 0 saturated carbocycles. The highest BCUT2D eigenvalue weighted by Crippen LogP contribution is 2.44. The summed E-state index contributed by atoms with van der Waals surface area (Å²) in [5.41, 5.74) is 1.26. The van der Waals surface area contributed by atoms with Crippen LogP contribution in [0.5, 0.6) is 5.75 Å². The summed E-state index contributed by atoms with van der Waals surface area (Å²) in [4.78, 5) is 25.7. The molecule has 37 heavy (non-hydrogen) atoms. The van der Waals surface area contributed by atoms with E-state index in [0.717, 1.165) is 17.4 Å². The molecule has 0 saturated heterocycles. The van der Waals surface area contributed by atoms with Crippen LogP contribution in [0, 0.1) is 0 Å². The van der Waals surface area contributed by atoms with Crippen LogP contribution in [0.15, 0.2) is 18.2 Å². The van der Waals surface area contributed by atoms with Crippen LogP contribution in [-0.2, 0) is 44.3 Å². The van der Waals surface area contributed by atoms with Crippen LogP contribution >= 0.6 is 0 Å². The average Bonchev–Trinajstić information content (AvgIpc) is 3.29. The molecule has 1 aromatic heterocycles. The van der Waals surface area contributed by atoms with E-state index in [1.807, 2.05) is 6.92 Å². The number of sulfone groups is 1. The van der Waals surface area contributed by atoms with Gasteiger partial charge >= 0.3 is 6.18 Å². The van der Waals surface area contributed by atoms with Crippen molar-refractivity contribution >= 4 is 27.5 Å². The molecular weight excluding hydrogens is 517 g/mol. The van der Waals surface area contributed by atoms with Crippen molar-refractivity contribution < 1.29 is 40.7 Å². The van der Waals surface area contributed by atoms with E-state index in [1.54, 1.807) is 12.1 Å². The lowest BCUT2D eigenvalue weighted by Gasteiger charge is -2.35. The zero-order valence-corrected chi connectivity index (χ0v) is 21.1. The van der Waals surface area contributed by atoms with Gasteiger partial charge in [-0.2, -0.15) is 18.3 Å². The van der Waals surface area contributed by atoms with E-state index in [2.05, 4.69) is 15.7 Å². The fraction of sp³-hybridized carbons (Fsp3) is 0.522. The summed E-state index contributed by atoms with van der Waals surface area (Å²) >= 11 is 0. The smallest absolute Gasteiger partial charge is 0.422 e. The molecule has 2 aliphatic rings. The van der Waals surface area contributed by atoms with Gasteiger partial charge in [0.25, 0.3) is 5.91 Å². The van der Waals surface area contributed by atoms with Gasteiger partial charge in [-0.15, -0.1) is 0 Å². The van der Waals surface area contributed by atoms with Crippen molar-refractivity contribution in [2.24, 2.45) is 0 Å². The molecule has 202 valence electrons. The van der Waals surface area contributed by atoms with E-state index in [1.165, 1.54) is 10.7 Å². The predicted octanol–water partition coefficient (Wildman–Crippen LogP) is 1.97. The van der Waals surface area contributed by atoms with Gasteiger partial charge in [-0.05, 0) is 43.0 Å². The van der Waals surface area contributed by atoms with Crippen LogP contribution in [0.4, 0.5) is 19.0 Å². The Morgan fingerprint density at radius 2 is 2.08 bits per heavy atom. The number of hydrogen-bond donors (Lipinski definition) is 2. The first kappa shape index (κ1) is 26.9. The highest BCUT2D eigenvalue weighted by atomic mass is 32.2. The van der Waals surface area contributed by atoms with Crippen molar-refractivity contribution in [3.8, 4) is 5.75 Å². The molecule has 1 aliphatic carbocycles. The maximum atomic E-state index is 13.4. The monoisotopic (exact) mass is 544 g/mol. The molecule has 2 aromatic rings. The molecule has 0 unspecified atom stereocenters. The quantitative estimate of drug-likeness (QED) is 0.462. The van der Waals surface area contributed by atoms with Gasteiger partial charge in [-0.25, -0.2) is 13.1 Å². The van der Waals surface area contributed by atoms with Gasteiger partial charge in [-0.3, -0.25) is 9.59 Å². The van der Waals surface area contributed by atoms with E-state index < -0.39 is 45.7 Å². The van der Waals surface area contributed by atoms with Crippen molar-refractivity contribution in [3.63, 3.8) is 0 Å². The van der Waals surface area contributed by atoms with Gasteiger partial charge in [-0.1, -0.05) is 6.07 Å². The Labute approximate surface area is 211 Å². The first-order chi connectivity index (χ1) is 17.3. The highest BCUT2D eigenvalue weighted by molar-refractivity contribution is 7.91. The number of nitrogens with zero attached hydrogens (tertiary/aromatic N) is 2. The molecule has 2 amide bonds. The number of carbonyl (C=O) groups is 2. The number of hydrogen-bond acceptors (Lipinski definition) is 7. The lowest BCUT2D eigenvalue weighted by atomic mass is 9.82. The Hall–Kier alpha value is -3.13. The number of amides is 2. The largest absolute Gasteiger partial charge is 0.484 e. The molecule has 1 atom stereocenters. The third-order valence-electron chi connectivity index (χ3n) is 6.19. The van der Waals surface area contributed by atoms with Crippen molar-refractivity contribution in [3.05, 3.63) is 40.6 Å². The fourth-order valence-corrected chi connectivity index (χ4v) is 5.32. The topological polar surface area (TPSA) is 129 Å². The number of nitrogens with one attached hydrogen (secondary N) is 2. The van der Waals surface area contributed by atoms with Crippen LogP contribution < -0.4 is 15.4 Å². The zero-order chi connectivity index (χ0) is 27.0. The number of rotatable bonds is 9. The van der Waals surface area contributed by atoms with E-state index in [0.29, 0.717) is 25.1 Å². The van der Waals surface area contributed by atoms with E-state index in [-0.39, 0.29) is 36.7 Å². The standard InChI is InChI=1S/C23H27F3N4O6S/c1-3-35-9-8-30-20(27-18(31)12-37(2,33)34)19-17(29-30)11-22(28-21(19)32)7-6-14-10-15(4-5-16(14)22)36-13-23(24,25)26/h4-5,10H,3,6-9,11-13H2,1-2H3,(H,27,31)(H,28,32)/t22-/m0/s1. The molecule has 1 aromatic carbocycles. The van der Waals surface area contributed by atoms with Crippen molar-refractivity contribution in [1.82, 2.24) is 15.1 Å². The lowest BCUT2D eigenvalue weighted by Crippen LogP contribution is -2.49. The summed E-state index contributed by atoms with van der Waals surface area (Å²) in [6, 6.07) is 4.64. The maximum Gasteiger partial charge on any atom is 0.422 e. The molecule has 1 spiro atoms. The lowest BCUT2D eigenvalue weighted by molar-refractivity contribution is -0.153. The third kappa shape index (κ3) is 6.06. The normalized spacial score (nSPS) is 18.9. The van der Waals surface area contributed by atoms with E-state index >= 15 is 0 Å². The summed E-state index contributed by atoms with van der Waals surface area (Å²) in [5, 5.41) is 10.1. The van der Waals surface area contributed by atoms with E-state index in [4.69, 9.17) is 9.47 Å². The second-order valence-corrected chi connectivity index (χ2v) is 11.3. The predicted molar refractivity (Wildman–Crippen MR) is 126 cm³/mol. The molecule has 1 aliphatic heterocycles. The number of alkyl halides is 3.